The Hall–Kier alpha value is -2.31. The third-order valence-corrected chi connectivity index (χ3v) is 8.69. The number of aliphatic hydroxyl groups excluding tert-OH is 1. The number of aryl methyl sites for hydroxylation is 1. The Bertz CT molecular complexity index is 1430. The number of ketones is 1. The number of carbonyl (C=O) groups excluding carboxylic acids is 1. The fourth-order valence-corrected chi connectivity index (χ4v) is 6.64. The van der Waals surface area contributed by atoms with Gasteiger partial charge in [-0.2, -0.15) is 8.42 Å². The summed E-state index contributed by atoms with van der Waals surface area (Å²) < 4.78 is 33.1. The van der Waals surface area contributed by atoms with E-state index in [9.17, 15) is 18.3 Å². The quantitative estimate of drug-likeness (QED) is 0.338. The van der Waals surface area contributed by atoms with E-state index in [0.717, 1.165) is 24.0 Å². The third-order valence-electron chi connectivity index (χ3n) is 7.05. The van der Waals surface area contributed by atoms with E-state index in [2.05, 4.69) is 9.50 Å². The van der Waals surface area contributed by atoms with Crippen molar-refractivity contribution in [1.29, 1.82) is 0 Å². The molecule has 38 heavy (non-hydrogen) atoms. The molecule has 0 bridgehead atoms. The minimum Gasteiger partial charge on any atom is -0.393 e. The maximum absolute atomic E-state index is 13.6. The van der Waals surface area contributed by atoms with Gasteiger partial charge in [0.15, 0.2) is 0 Å². The summed E-state index contributed by atoms with van der Waals surface area (Å²) in [5.74, 6) is -0.499. The highest BCUT2D eigenvalue weighted by molar-refractivity contribution is 7.84. The van der Waals surface area contributed by atoms with Crippen LogP contribution < -0.4 is 10.5 Å². The number of para-hydroxylation sites is 1. The Balaban J connectivity index is 1.33. The molecule has 1 fully saturated rings. The van der Waals surface area contributed by atoms with Crippen molar-refractivity contribution < 1.29 is 27.2 Å². The van der Waals surface area contributed by atoms with Crippen molar-refractivity contribution in [3.05, 3.63) is 86.1 Å². The molecule has 0 saturated heterocycles. The molecule has 0 spiro atoms. The van der Waals surface area contributed by atoms with E-state index in [1.165, 1.54) is 16.9 Å². The molecular weight excluding hydrogens is 548 g/mol. The molecule has 11 heteroatoms. The molecule has 2 heterocycles. The van der Waals surface area contributed by atoms with Crippen LogP contribution in [0, 0.1) is 5.92 Å². The summed E-state index contributed by atoms with van der Waals surface area (Å²) >= 11 is 7.67. The molecule has 1 aliphatic heterocycles. The molecule has 3 aromatic rings. The first kappa shape index (κ1) is 27.3. The highest BCUT2D eigenvalue weighted by Gasteiger charge is 2.34. The zero-order valence-electron chi connectivity index (χ0n) is 20.5. The SMILES string of the molecule is NS(=O)(=O)OC[C@H]1C[C@@H](Nc2ccccc2C(=O)c2cc(C3OCCCc4ccc(Cl)cc43)cs2)C[C@@H]1O. The summed E-state index contributed by atoms with van der Waals surface area (Å²) in [6.45, 7) is 0.438. The van der Waals surface area contributed by atoms with Crippen molar-refractivity contribution in [1.82, 2.24) is 0 Å². The van der Waals surface area contributed by atoms with Gasteiger partial charge in [-0.3, -0.25) is 8.98 Å². The minimum atomic E-state index is -4.08. The number of nitrogens with one attached hydrogen (secondary N) is 1. The predicted octanol–water partition coefficient (Wildman–Crippen LogP) is 4.46. The van der Waals surface area contributed by atoms with E-state index >= 15 is 0 Å². The zero-order chi connectivity index (χ0) is 26.9. The number of hydrogen-bond acceptors (Lipinski definition) is 8. The average molecular weight is 577 g/mol. The van der Waals surface area contributed by atoms with Crippen LogP contribution in [0.1, 0.15) is 57.3 Å². The lowest BCUT2D eigenvalue weighted by Crippen LogP contribution is -2.24. The third kappa shape index (κ3) is 6.28. The number of carbonyl (C=O) groups is 1. The Kier molecular flexibility index (Phi) is 8.20. The van der Waals surface area contributed by atoms with Crippen LogP contribution in [0.3, 0.4) is 0 Å². The van der Waals surface area contributed by atoms with Crippen LogP contribution in [0.2, 0.25) is 5.02 Å². The van der Waals surface area contributed by atoms with Gasteiger partial charge in [0.05, 0.1) is 17.6 Å². The molecule has 5 rings (SSSR count). The lowest BCUT2D eigenvalue weighted by atomic mass is 9.96. The van der Waals surface area contributed by atoms with Crippen LogP contribution in [-0.4, -0.2) is 44.7 Å². The Morgan fingerprint density at radius 3 is 2.84 bits per heavy atom. The van der Waals surface area contributed by atoms with Crippen molar-refractivity contribution in [2.75, 3.05) is 18.5 Å². The number of fused-ring (bicyclic) bond motifs is 1. The first-order chi connectivity index (χ1) is 18.2. The molecule has 2 aromatic carbocycles. The largest absolute Gasteiger partial charge is 0.393 e. The van der Waals surface area contributed by atoms with Crippen LogP contribution in [0.4, 0.5) is 5.69 Å². The fraction of sp³-hybridized carbons (Fsp3) is 0.370. The van der Waals surface area contributed by atoms with Gasteiger partial charge in [0.1, 0.15) is 6.10 Å². The number of thiophene rings is 1. The number of anilines is 1. The van der Waals surface area contributed by atoms with Gasteiger partial charge in [-0.25, -0.2) is 5.14 Å². The van der Waals surface area contributed by atoms with E-state index in [1.54, 1.807) is 6.07 Å². The monoisotopic (exact) mass is 576 g/mol. The van der Waals surface area contributed by atoms with Crippen LogP contribution in [0.25, 0.3) is 0 Å². The number of nitrogens with two attached hydrogens (primary N) is 1. The van der Waals surface area contributed by atoms with Crippen molar-refractivity contribution >= 4 is 44.7 Å². The molecule has 0 radical (unpaired) electrons. The molecule has 0 amide bonds. The minimum absolute atomic E-state index is 0.114. The fourth-order valence-electron chi connectivity index (χ4n) is 5.22. The molecule has 4 atom stereocenters. The van der Waals surface area contributed by atoms with Crippen molar-refractivity contribution in [2.45, 2.75) is 43.9 Å². The molecule has 1 aromatic heterocycles. The van der Waals surface area contributed by atoms with Crippen LogP contribution in [-0.2, 0) is 25.6 Å². The topological polar surface area (TPSA) is 128 Å². The summed E-state index contributed by atoms with van der Waals surface area (Å²) in [6, 6.07) is 14.9. The van der Waals surface area contributed by atoms with Crippen molar-refractivity contribution in [2.24, 2.45) is 11.1 Å². The van der Waals surface area contributed by atoms with Gasteiger partial charge in [0, 0.05) is 34.8 Å². The van der Waals surface area contributed by atoms with Gasteiger partial charge >= 0.3 is 10.3 Å². The Labute approximate surface area is 231 Å². The van der Waals surface area contributed by atoms with Gasteiger partial charge in [-0.05, 0) is 78.1 Å². The van der Waals surface area contributed by atoms with Crippen LogP contribution in [0.5, 0.6) is 0 Å². The molecule has 1 saturated carbocycles. The Morgan fingerprint density at radius 1 is 1.21 bits per heavy atom. The lowest BCUT2D eigenvalue weighted by Gasteiger charge is -2.17. The van der Waals surface area contributed by atoms with Gasteiger partial charge in [0.2, 0.25) is 5.78 Å². The van der Waals surface area contributed by atoms with E-state index in [1.807, 2.05) is 47.8 Å². The summed E-state index contributed by atoms with van der Waals surface area (Å²) in [4.78, 5) is 14.2. The molecule has 1 unspecified atom stereocenters. The first-order valence-electron chi connectivity index (χ1n) is 12.4. The highest BCUT2D eigenvalue weighted by atomic mass is 35.5. The lowest BCUT2D eigenvalue weighted by molar-refractivity contribution is 0.0844. The van der Waals surface area contributed by atoms with Gasteiger partial charge < -0.3 is 15.2 Å². The molecule has 202 valence electrons. The predicted molar refractivity (Wildman–Crippen MR) is 147 cm³/mol. The maximum Gasteiger partial charge on any atom is 0.333 e. The van der Waals surface area contributed by atoms with E-state index in [4.69, 9.17) is 21.5 Å². The number of benzene rings is 2. The Morgan fingerprint density at radius 2 is 2.03 bits per heavy atom. The highest BCUT2D eigenvalue weighted by Crippen LogP contribution is 2.37. The first-order valence-corrected chi connectivity index (χ1v) is 15.1. The smallest absolute Gasteiger partial charge is 0.333 e. The summed E-state index contributed by atoms with van der Waals surface area (Å²) in [5.41, 5.74) is 4.34. The van der Waals surface area contributed by atoms with E-state index in [0.29, 0.717) is 40.6 Å². The second kappa shape index (κ2) is 11.4. The van der Waals surface area contributed by atoms with E-state index < -0.39 is 16.4 Å². The van der Waals surface area contributed by atoms with Gasteiger partial charge in [-0.15, -0.1) is 11.3 Å². The summed E-state index contributed by atoms with van der Waals surface area (Å²) in [6.07, 6.45) is 1.68. The molecule has 1 aliphatic carbocycles. The maximum atomic E-state index is 13.6. The summed E-state index contributed by atoms with van der Waals surface area (Å²) in [5, 5.41) is 21.3. The van der Waals surface area contributed by atoms with Crippen LogP contribution in [0.15, 0.2) is 53.9 Å². The number of rotatable bonds is 8. The second-order valence-corrected chi connectivity index (χ2v) is 12.3. The summed E-state index contributed by atoms with van der Waals surface area (Å²) in [7, 11) is -4.08. The molecule has 4 N–H and O–H groups in total. The van der Waals surface area contributed by atoms with Gasteiger partial charge in [-0.1, -0.05) is 29.8 Å². The van der Waals surface area contributed by atoms with Crippen LogP contribution >= 0.6 is 22.9 Å². The molecular formula is C27H29ClN2O6S2. The molecule has 2 aliphatic rings. The van der Waals surface area contributed by atoms with E-state index in [-0.39, 0.29) is 30.5 Å². The normalized spacial score (nSPS) is 23.6. The van der Waals surface area contributed by atoms with Gasteiger partial charge in [0.25, 0.3) is 0 Å². The number of hydrogen-bond donors (Lipinski definition) is 3. The number of ether oxygens (including phenoxy) is 1. The number of halogens is 1. The standard InChI is InChI=1S/C27H29ClN2O6S2/c28-19-8-7-16-4-3-9-35-27(22(16)12-19)18-11-25(37-15-18)26(32)21-5-1-2-6-23(21)30-20-10-17(24(31)13-20)14-36-38(29,33)34/h1-2,5-8,11-12,15,17,20,24,27,30-31H,3-4,9-10,13-14H2,(H2,29,33,34)/t17-,20-,24+,27?/m1/s1. The molecule has 8 nitrogen and oxygen atoms in total. The zero-order valence-corrected chi connectivity index (χ0v) is 22.9. The van der Waals surface area contributed by atoms with Crippen molar-refractivity contribution in [3.63, 3.8) is 0 Å². The number of aliphatic hydroxyl groups is 1. The van der Waals surface area contributed by atoms with Crippen molar-refractivity contribution in [3.8, 4) is 0 Å². The average Bonchev–Trinajstić information content (AvgIpc) is 3.44. The second-order valence-electron chi connectivity index (χ2n) is 9.73.